The van der Waals surface area contributed by atoms with Gasteiger partial charge in [0.25, 0.3) is 0 Å². The Morgan fingerprint density at radius 3 is 2.95 bits per heavy atom. The number of carbonyl (C=O) groups excluding carboxylic acids is 1. The standard InChI is InChI=1S/C14H20N4O/c19-13(16-10-3-4-10)8-18-12-5-6-15-7-11(12)17-14(18)9-1-2-9/h9-10,15H,1-8H2,(H,16,19). The Morgan fingerprint density at radius 2 is 2.21 bits per heavy atom. The second kappa shape index (κ2) is 4.34. The topological polar surface area (TPSA) is 59.0 Å². The third-order valence-corrected chi connectivity index (χ3v) is 4.20. The molecule has 2 aliphatic carbocycles. The second-order valence-electron chi connectivity index (χ2n) is 5.99. The van der Waals surface area contributed by atoms with Crippen LogP contribution in [-0.4, -0.2) is 28.0 Å². The van der Waals surface area contributed by atoms with E-state index in [0.717, 1.165) is 43.9 Å². The molecule has 2 saturated carbocycles. The molecule has 0 atom stereocenters. The number of fused-ring (bicyclic) bond motifs is 1. The van der Waals surface area contributed by atoms with Gasteiger partial charge in [-0.25, -0.2) is 4.98 Å². The maximum atomic E-state index is 12.1. The molecule has 0 radical (unpaired) electrons. The van der Waals surface area contributed by atoms with Crippen LogP contribution in [0.1, 0.15) is 48.8 Å². The van der Waals surface area contributed by atoms with Crippen LogP contribution in [-0.2, 0) is 24.3 Å². The first-order valence-electron chi connectivity index (χ1n) is 7.39. The summed E-state index contributed by atoms with van der Waals surface area (Å²) >= 11 is 0. The predicted molar refractivity (Wildman–Crippen MR) is 70.8 cm³/mol. The fourth-order valence-electron chi connectivity index (χ4n) is 2.87. The van der Waals surface area contributed by atoms with Gasteiger partial charge in [0.1, 0.15) is 12.4 Å². The quantitative estimate of drug-likeness (QED) is 0.837. The smallest absolute Gasteiger partial charge is 0.240 e. The van der Waals surface area contributed by atoms with E-state index in [1.807, 2.05) is 0 Å². The summed E-state index contributed by atoms with van der Waals surface area (Å²) in [7, 11) is 0. The number of rotatable bonds is 4. The van der Waals surface area contributed by atoms with Gasteiger partial charge in [-0.3, -0.25) is 4.79 Å². The molecule has 1 aromatic heterocycles. The molecule has 1 aliphatic heterocycles. The zero-order valence-electron chi connectivity index (χ0n) is 11.1. The van der Waals surface area contributed by atoms with Crippen molar-refractivity contribution < 1.29 is 4.79 Å². The number of nitrogens with zero attached hydrogens (tertiary/aromatic N) is 2. The van der Waals surface area contributed by atoms with E-state index in [0.29, 0.717) is 18.5 Å². The average Bonchev–Trinajstić information content (AvgIpc) is 3.30. The van der Waals surface area contributed by atoms with Gasteiger partial charge in [0.15, 0.2) is 0 Å². The maximum absolute atomic E-state index is 12.1. The molecule has 4 rings (SSSR count). The number of carbonyl (C=O) groups is 1. The molecule has 0 bridgehead atoms. The summed E-state index contributed by atoms with van der Waals surface area (Å²) < 4.78 is 2.20. The minimum absolute atomic E-state index is 0.156. The molecule has 0 saturated heterocycles. The largest absolute Gasteiger partial charge is 0.352 e. The van der Waals surface area contributed by atoms with Crippen molar-refractivity contribution in [3.05, 3.63) is 17.2 Å². The van der Waals surface area contributed by atoms with Crippen molar-refractivity contribution in [3.63, 3.8) is 0 Å². The fraction of sp³-hybridized carbons (Fsp3) is 0.714. The van der Waals surface area contributed by atoms with Crippen LogP contribution in [0.4, 0.5) is 0 Å². The molecule has 2 N–H and O–H groups in total. The summed E-state index contributed by atoms with van der Waals surface area (Å²) in [5, 5.41) is 6.44. The summed E-state index contributed by atoms with van der Waals surface area (Å²) in [6, 6.07) is 0.442. The van der Waals surface area contributed by atoms with E-state index in [9.17, 15) is 4.79 Å². The van der Waals surface area contributed by atoms with E-state index >= 15 is 0 Å². The predicted octanol–water partition coefficient (Wildman–Crippen LogP) is 0.685. The third-order valence-electron chi connectivity index (χ3n) is 4.20. The number of amides is 1. The Morgan fingerprint density at radius 1 is 1.37 bits per heavy atom. The Kier molecular flexibility index (Phi) is 2.62. The van der Waals surface area contributed by atoms with Gasteiger partial charge in [-0.2, -0.15) is 0 Å². The van der Waals surface area contributed by atoms with Gasteiger partial charge in [0.2, 0.25) is 5.91 Å². The maximum Gasteiger partial charge on any atom is 0.240 e. The molecule has 0 unspecified atom stereocenters. The van der Waals surface area contributed by atoms with Crippen LogP contribution in [0.3, 0.4) is 0 Å². The highest BCUT2D eigenvalue weighted by Gasteiger charge is 2.33. The lowest BCUT2D eigenvalue weighted by atomic mass is 10.2. The molecule has 0 spiro atoms. The molecule has 5 heteroatoms. The van der Waals surface area contributed by atoms with Crippen LogP contribution in [0, 0.1) is 0 Å². The lowest BCUT2D eigenvalue weighted by molar-refractivity contribution is -0.121. The molecule has 3 aliphatic rings. The zero-order chi connectivity index (χ0) is 12.8. The average molecular weight is 260 g/mol. The highest BCUT2D eigenvalue weighted by Crippen LogP contribution is 2.40. The van der Waals surface area contributed by atoms with Gasteiger partial charge in [-0.1, -0.05) is 0 Å². The van der Waals surface area contributed by atoms with Crippen LogP contribution in [0.15, 0.2) is 0 Å². The van der Waals surface area contributed by atoms with Crippen LogP contribution < -0.4 is 10.6 Å². The Bertz CT molecular complexity index is 514. The second-order valence-corrected chi connectivity index (χ2v) is 5.99. The lowest BCUT2D eigenvalue weighted by Crippen LogP contribution is -2.31. The molecule has 1 amide bonds. The van der Waals surface area contributed by atoms with Crippen molar-refractivity contribution in [3.8, 4) is 0 Å². The first kappa shape index (κ1) is 11.5. The molecular weight excluding hydrogens is 240 g/mol. The third kappa shape index (κ3) is 2.27. The van der Waals surface area contributed by atoms with E-state index in [1.54, 1.807) is 0 Å². The molecule has 0 aromatic carbocycles. The number of imidazole rings is 1. The highest BCUT2D eigenvalue weighted by atomic mass is 16.2. The van der Waals surface area contributed by atoms with E-state index < -0.39 is 0 Å². The fourth-order valence-corrected chi connectivity index (χ4v) is 2.87. The SMILES string of the molecule is O=C(Cn1c(C2CC2)nc2c1CCNC2)NC1CC1. The Balaban J connectivity index is 1.60. The van der Waals surface area contributed by atoms with E-state index in [1.165, 1.54) is 18.5 Å². The first-order valence-corrected chi connectivity index (χ1v) is 7.39. The zero-order valence-corrected chi connectivity index (χ0v) is 11.1. The number of aromatic nitrogens is 2. The van der Waals surface area contributed by atoms with Crippen LogP contribution in [0.2, 0.25) is 0 Å². The molecule has 19 heavy (non-hydrogen) atoms. The summed E-state index contributed by atoms with van der Waals surface area (Å²) in [4.78, 5) is 16.8. The van der Waals surface area contributed by atoms with Gasteiger partial charge < -0.3 is 15.2 Å². The van der Waals surface area contributed by atoms with E-state index in [-0.39, 0.29) is 5.91 Å². The van der Waals surface area contributed by atoms with Crippen LogP contribution in [0.5, 0.6) is 0 Å². The van der Waals surface area contributed by atoms with E-state index in [4.69, 9.17) is 4.98 Å². The van der Waals surface area contributed by atoms with Crippen molar-refractivity contribution in [1.29, 1.82) is 0 Å². The van der Waals surface area contributed by atoms with Crippen molar-refractivity contribution >= 4 is 5.91 Å². The summed E-state index contributed by atoms with van der Waals surface area (Å²) in [6.45, 7) is 2.31. The van der Waals surface area contributed by atoms with Crippen molar-refractivity contribution in [2.24, 2.45) is 0 Å². The van der Waals surface area contributed by atoms with Crippen molar-refractivity contribution in [2.45, 2.75) is 57.2 Å². The normalized spacial score (nSPS) is 22.1. The number of nitrogens with one attached hydrogen (secondary N) is 2. The van der Waals surface area contributed by atoms with Gasteiger partial charge in [0, 0.05) is 37.2 Å². The minimum Gasteiger partial charge on any atom is -0.352 e. The van der Waals surface area contributed by atoms with Gasteiger partial charge in [-0.05, 0) is 25.7 Å². The summed E-state index contributed by atoms with van der Waals surface area (Å²) in [6.07, 6.45) is 5.74. The Labute approximate surface area is 112 Å². The van der Waals surface area contributed by atoms with Gasteiger partial charge >= 0.3 is 0 Å². The monoisotopic (exact) mass is 260 g/mol. The van der Waals surface area contributed by atoms with Crippen molar-refractivity contribution in [2.75, 3.05) is 6.54 Å². The van der Waals surface area contributed by atoms with Gasteiger partial charge in [0.05, 0.1) is 5.69 Å². The molecular formula is C14H20N4O. The first-order chi connectivity index (χ1) is 9.31. The minimum atomic E-state index is 0.156. The number of hydrogen-bond donors (Lipinski definition) is 2. The van der Waals surface area contributed by atoms with Gasteiger partial charge in [-0.15, -0.1) is 0 Å². The molecule has 2 fully saturated rings. The lowest BCUT2D eigenvalue weighted by Gasteiger charge is -2.16. The van der Waals surface area contributed by atoms with Crippen molar-refractivity contribution in [1.82, 2.24) is 20.2 Å². The van der Waals surface area contributed by atoms with Crippen LogP contribution in [0.25, 0.3) is 0 Å². The van der Waals surface area contributed by atoms with E-state index in [2.05, 4.69) is 15.2 Å². The molecule has 102 valence electrons. The highest BCUT2D eigenvalue weighted by molar-refractivity contribution is 5.76. The molecule has 1 aromatic rings. The molecule has 2 heterocycles. The summed E-state index contributed by atoms with van der Waals surface area (Å²) in [5.41, 5.74) is 2.44. The molecule has 5 nitrogen and oxygen atoms in total. The summed E-state index contributed by atoms with van der Waals surface area (Å²) in [5.74, 6) is 1.90. The Hall–Kier alpha value is -1.36. The van der Waals surface area contributed by atoms with Crippen LogP contribution >= 0.6 is 0 Å². The number of hydrogen-bond acceptors (Lipinski definition) is 3.